The van der Waals surface area contributed by atoms with Crippen LogP contribution in [-0.4, -0.2) is 32.0 Å². The van der Waals surface area contributed by atoms with Gasteiger partial charge in [0.05, 0.1) is 12.2 Å². The van der Waals surface area contributed by atoms with Gasteiger partial charge in [0.2, 0.25) is 17.6 Å². The molecular weight excluding hydrogens is 364 g/mol. The Hall–Kier alpha value is -2.73. The Morgan fingerprint density at radius 1 is 1.19 bits per heavy atom. The summed E-state index contributed by atoms with van der Waals surface area (Å²) in [6.07, 6.45) is 4.62. The molecule has 3 aromatic rings. The van der Waals surface area contributed by atoms with Crippen LogP contribution >= 0.6 is 11.6 Å². The van der Waals surface area contributed by atoms with Gasteiger partial charge in [0.25, 0.3) is 0 Å². The summed E-state index contributed by atoms with van der Waals surface area (Å²) in [5.74, 6) is 1.05. The minimum absolute atomic E-state index is 0.0920. The molecule has 0 radical (unpaired) electrons. The first-order valence-corrected chi connectivity index (χ1v) is 9.35. The van der Waals surface area contributed by atoms with E-state index >= 15 is 0 Å². The van der Waals surface area contributed by atoms with Crippen molar-refractivity contribution < 1.29 is 9.32 Å². The van der Waals surface area contributed by atoms with E-state index in [0.29, 0.717) is 42.2 Å². The molecular formula is C20H19ClN4O2. The molecule has 7 heteroatoms. The monoisotopic (exact) mass is 382 g/mol. The molecule has 1 aliphatic rings. The molecule has 6 nitrogen and oxygen atoms in total. The fraction of sp³-hybridized carbons (Fsp3) is 0.300. The van der Waals surface area contributed by atoms with Crippen molar-refractivity contribution in [2.24, 2.45) is 0 Å². The van der Waals surface area contributed by atoms with E-state index < -0.39 is 0 Å². The van der Waals surface area contributed by atoms with E-state index in [1.165, 1.54) is 0 Å². The lowest BCUT2D eigenvalue weighted by Crippen LogP contribution is -2.33. The Morgan fingerprint density at radius 3 is 2.70 bits per heavy atom. The quantitative estimate of drug-likeness (QED) is 0.619. The van der Waals surface area contributed by atoms with E-state index in [2.05, 4.69) is 15.1 Å². The summed E-state index contributed by atoms with van der Waals surface area (Å²) < 4.78 is 5.30. The number of halogens is 1. The number of rotatable bonds is 7. The molecule has 0 unspecified atom stereocenters. The molecule has 0 saturated heterocycles. The SMILES string of the molecule is O=C(CCc1nc(-c2ccc(Cl)cc2)no1)N(Cc1ccccn1)C1CC1. The first kappa shape index (κ1) is 17.7. The van der Waals surface area contributed by atoms with Crippen LogP contribution < -0.4 is 0 Å². The summed E-state index contributed by atoms with van der Waals surface area (Å²) in [6, 6.07) is 13.3. The second-order valence-electron chi connectivity index (χ2n) is 6.59. The number of aromatic nitrogens is 3. The van der Waals surface area contributed by atoms with Crippen molar-refractivity contribution in [3.8, 4) is 11.4 Å². The van der Waals surface area contributed by atoms with Crippen LogP contribution in [0, 0.1) is 0 Å². The molecule has 0 spiro atoms. The predicted octanol–water partition coefficient (Wildman–Crippen LogP) is 3.91. The number of hydrogen-bond donors (Lipinski definition) is 0. The lowest BCUT2D eigenvalue weighted by Gasteiger charge is -2.21. The number of benzene rings is 1. The van der Waals surface area contributed by atoms with Gasteiger partial charge in [-0.05, 0) is 49.2 Å². The standard InChI is InChI=1S/C20H19ClN4O2/c21-15-6-4-14(5-7-15)20-23-18(27-24-20)10-11-19(26)25(17-8-9-17)13-16-3-1-2-12-22-16/h1-7,12,17H,8-11,13H2. The number of hydrogen-bond acceptors (Lipinski definition) is 5. The van der Waals surface area contributed by atoms with E-state index in [1.807, 2.05) is 35.2 Å². The van der Waals surface area contributed by atoms with Gasteiger partial charge in [-0.25, -0.2) is 0 Å². The van der Waals surface area contributed by atoms with E-state index in [0.717, 1.165) is 24.1 Å². The van der Waals surface area contributed by atoms with E-state index in [9.17, 15) is 4.79 Å². The van der Waals surface area contributed by atoms with Crippen molar-refractivity contribution in [1.82, 2.24) is 20.0 Å². The second-order valence-corrected chi connectivity index (χ2v) is 7.03. The summed E-state index contributed by atoms with van der Waals surface area (Å²) in [5, 5.41) is 4.64. The minimum atomic E-state index is 0.0920. The molecule has 2 heterocycles. The van der Waals surface area contributed by atoms with Crippen molar-refractivity contribution in [3.05, 3.63) is 65.3 Å². The lowest BCUT2D eigenvalue weighted by atomic mass is 10.2. The normalized spacial score (nSPS) is 13.5. The summed E-state index contributed by atoms with van der Waals surface area (Å²) in [4.78, 5) is 23.3. The molecule has 27 heavy (non-hydrogen) atoms. The highest BCUT2D eigenvalue weighted by Gasteiger charge is 2.32. The van der Waals surface area contributed by atoms with Crippen LogP contribution in [0.3, 0.4) is 0 Å². The van der Waals surface area contributed by atoms with E-state index in [1.54, 1.807) is 18.3 Å². The number of aryl methyl sites for hydroxylation is 1. The van der Waals surface area contributed by atoms with Crippen molar-refractivity contribution in [2.45, 2.75) is 38.3 Å². The molecule has 2 aromatic heterocycles. The van der Waals surface area contributed by atoms with E-state index in [-0.39, 0.29) is 5.91 Å². The zero-order valence-electron chi connectivity index (χ0n) is 14.7. The number of amides is 1. The van der Waals surface area contributed by atoms with Gasteiger partial charge in [0.15, 0.2) is 0 Å². The number of pyridine rings is 1. The predicted molar refractivity (Wildman–Crippen MR) is 101 cm³/mol. The van der Waals surface area contributed by atoms with Crippen LogP contribution in [0.2, 0.25) is 5.02 Å². The molecule has 0 N–H and O–H groups in total. The van der Waals surface area contributed by atoms with Crippen molar-refractivity contribution in [1.29, 1.82) is 0 Å². The average molecular weight is 383 g/mol. The van der Waals surface area contributed by atoms with Gasteiger partial charge in [-0.2, -0.15) is 4.98 Å². The van der Waals surface area contributed by atoms with Crippen LogP contribution in [0.4, 0.5) is 0 Å². The summed E-state index contributed by atoms with van der Waals surface area (Å²) in [7, 11) is 0. The Kier molecular flexibility index (Phi) is 5.16. The maximum absolute atomic E-state index is 12.7. The van der Waals surface area contributed by atoms with Crippen LogP contribution in [0.5, 0.6) is 0 Å². The Labute approximate surface area is 162 Å². The van der Waals surface area contributed by atoms with Gasteiger partial charge in [-0.15, -0.1) is 0 Å². The van der Waals surface area contributed by atoms with Crippen molar-refractivity contribution >= 4 is 17.5 Å². The topological polar surface area (TPSA) is 72.1 Å². The third kappa shape index (κ3) is 4.52. The van der Waals surface area contributed by atoms with Gasteiger partial charge in [-0.3, -0.25) is 9.78 Å². The van der Waals surface area contributed by atoms with Crippen LogP contribution in [0.15, 0.2) is 53.2 Å². The average Bonchev–Trinajstić information content (AvgIpc) is 3.43. The van der Waals surface area contributed by atoms with Crippen LogP contribution in [-0.2, 0) is 17.8 Å². The van der Waals surface area contributed by atoms with Crippen molar-refractivity contribution in [3.63, 3.8) is 0 Å². The zero-order valence-corrected chi connectivity index (χ0v) is 15.5. The summed E-state index contributed by atoms with van der Waals surface area (Å²) in [5.41, 5.74) is 1.73. The number of carbonyl (C=O) groups excluding carboxylic acids is 1. The fourth-order valence-corrected chi connectivity index (χ4v) is 3.03. The van der Waals surface area contributed by atoms with Gasteiger partial charge in [0.1, 0.15) is 0 Å². The molecule has 1 fully saturated rings. The third-order valence-corrected chi connectivity index (χ3v) is 4.74. The largest absolute Gasteiger partial charge is 0.339 e. The van der Waals surface area contributed by atoms with Gasteiger partial charge >= 0.3 is 0 Å². The van der Waals surface area contributed by atoms with Crippen molar-refractivity contribution in [2.75, 3.05) is 0 Å². The molecule has 1 aliphatic carbocycles. The number of nitrogens with zero attached hydrogens (tertiary/aromatic N) is 4. The van der Waals surface area contributed by atoms with Gasteiger partial charge in [-0.1, -0.05) is 22.8 Å². The van der Waals surface area contributed by atoms with Gasteiger partial charge in [0, 0.05) is 35.7 Å². The summed E-state index contributed by atoms with van der Waals surface area (Å²) in [6.45, 7) is 0.546. The highest BCUT2D eigenvalue weighted by atomic mass is 35.5. The molecule has 1 aromatic carbocycles. The lowest BCUT2D eigenvalue weighted by molar-refractivity contribution is -0.132. The second kappa shape index (κ2) is 7.88. The minimum Gasteiger partial charge on any atom is -0.339 e. The molecule has 4 rings (SSSR count). The molecule has 0 atom stereocenters. The van der Waals surface area contributed by atoms with E-state index in [4.69, 9.17) is 16.1 Å². The maximum atomic E-state index is 12.7. The Balaban J connectivity index is 1.37. The first-order valence-electron chi connectivity index (χ1n) is 8.97. The highest BCUT2D eigenvalue weighted by molar-refractivity contribution is 6.30. The summed E-state index contributed by atoms with van der Waals surface area (Å²) >= 11 is 5.90. The van der Waals surface area contributed by atoms with Crippen LogP contribution in [0.1, 0.15) is 30.8 Å². The Bertz CT molecular complexity index is 907. The molecule has 0 bridgehead atoms. The first-order chi connectivity index (χ1) is 13.2. The zero-order chi connectivity index (χ0) is 18.6. The molecule has 1 saturated carbocycles. The maximum Gasteiger partial charge on any atom is 0.227 e. The third-order valence-electron chi connectivity index (χ3n) is 4.49. The van der Waals surface area contributed by atoms with Crippen LogP contribution in [0.25, 0.3) is 11.4 Å². The molecule has 0 aliphatic heterocycles. The van der Waals surface area contributed by atoms with Gasteiger partial charge < -0.3 is 9.42 Å². The highest BCUT2D eigenvalue weighted by Crippen LogP contribution is 2.29. The number of carbonyl (C=O) groups is 1. The fourth-order valence-electron chi connectivity index (χ4n) is 2.90. The smallest absolute Gasteiger partial charge is 0.227 e. The molecule has 138 valence electrons. The Morgan fingerprint density at radius 2 is 2.00 bits per heavy atom. The molecule has 1 amide bonds.